The van der Waals surface area contributed by atoms with E-state index in [1.54, 1.807) is 18.2 Å². The van der Waals surface area contributed by atoms with Gasteiger partial charge in [0.05, 0.1) is 18.2 Å². The molecule has 0 radical (unpaired) electrons. The van der Waals surface area contributed by atoms with E-state index in [2.05, 4.69) is 10.6 Å². The molecule has 2 aromatic carbocycles. The maximum Gasteiger partial charge on any atom is 0.416 e. The lowest BCUT2D eigenvalue weighted by Crippen LogP contribution is -2.37. The summed E-state index contributed by atoms with van der Waals surface area (Å²) in [6.45, 7) is 0.551. The van der Waals surface area contributed by atoms with Crippen molar-refractivity contribution in [3.63, 3.8) is 0 Å². The van der Waals surface area contributed by atoms with Crippen LogP contribution in [0.4, 0.5) is 26.3 Å². The van der Waals surface area contributed by atoms with Crippen molar-refractivity contribution in [3.05, 3.63) is 58.7 Å². The number of rotatable bonds is 7. The van der Waals surface area contributed by atoms with E-state index in [0.29, 0.717) is 42.8 Å². The molecule has 0 atom stereocenters. The van der Waals surface area contributed by atoms with Crippen molar-refractivity contribution in [1.82, 2.24) is 10.6 Å². The van der Waals surface area contributed by atoms with Crippen molar-refractivity contribution in [2.45, 2.75) is 50.6 Å². The fraction of sp³-hybridized carbons (Fsp3) is 0.458. The summed E-state index contributed by atoms with van der Waals surface area (Å²) in [4.78, 5) is 12.4. The summed E-state index contributed by atoms with van der Waals surface area (Å²) in [5, 5.41) is 15.9. The molecular weight excluding hydrogens is 478 g/mol. The molecule has 3 N–H and O–H groups in total. The minimum Gasteiger partial charge on any atom is -0.507 e. The molecule has 5 nitrogen and oxygen atoms in total. The molecule has 192 valence electrons. The number of carbonyl (C=O) groups is 1. The number of hydrogen-bond acceptors (Lipinski definition) is 4. The van der Waals surface area contributed by atoms with E-state index in [1.165, 1.54) is 7.11 Å². The zero-order chi connectivity index (χ0) is 25.8. The van der Waals surface area contributed by atoms with Gasteiger partial charge in [-0.3, -0.25) is 4.79 Å². The van der Waals surface area contributed by atoms with Gasteiger partial charge in [0.25, 0.3) is 5.91 Å². The summed E-state index contributed by atoms with van der Waals surface area (Å²) in [7, 11) is 1.51. The number of ether oxygens (including phenoxy) is 1. The normalized spacial score (nSPS) is 18.8. The number of amides is 1. The Morgan fingerprint density at radius 3 is 2.14 bits per heavy atom. The number of nitrogens with one attached hydrogen (secondary N) is 2. The van der Waals surface area contributed by atoms with Crippen LogP contribution in [0.5, 0.6) is 11.5 Å². The zero-order valence-corrected chi connectivity index (χ0v) is 18.9. The molecule has 3 rings (SSSR count). The highest BCUT2D eigenvalue weighted by atomic mass is 19.4. The second-order valence-electron chi connectivity index (χ2n) is 8.56. The number of benzene rings is 2. The number of hydrogen-bond donors (Lipinski definition) is 3. The molecule has 0 unspecified atom stereocenters. The van der Waals surface area contributed by atoms with Gasteiger partial charge >= 0.3 is 12.4 Å². The largest absolute Gasteiger partial charge is 0.507 e. The van der Waals surface area contributed by atoms with Gasteiger partial charge in [0.2, 0.25) is 0 Å². The van der Waals surface area contributed by atoms with E-state index in [1.807, 2.05) is 0 Å². The molecule has 35 heavy (non-hydrogen) atoms. The summed E-state index contributed by atoms with van der Waals surface area (Å²) >= 11 is 0. The molecule has 11 heteroatoms. The molecule has 0 bridgehead atoms. The molecule has 0 aliphatic heterocycles. The SMILES string of the molecule is COc1cccc(O)c1CNC1CCC(CNC(=O)c2cc(C(F)(F)F)cc(C(F)(F)F)c2)CC1. The van der Waals surface area contributed by atoms with E-state index in [0.717, 1.165) is 12.8 Å². The minimum atomic E-state index is -5.01. The fourth-order valence-corrected chi connectivity index (χ4v) is 4.17. The van der Waals surface area contributed by atoms with Gasteiger partial charge in [0.1, 0.15) is 11.5 Å². The third kappa shape index (κ3) is 7.03. The molecular formula is C24H26F6N2O3. The van der Waals surface area contributed by atoms with Gasteiger partial charge in [-0.15, -0.1) is 0 Å². The number of phenolic OH excluding ortho intramolecular Hbond substituents is 1. The molecule has 0 heterocycles. The number of methoxy groups -OCH3 is 1. The number of alkyl halides is 6. The van der Waals surface area contributed by atoms with E-state index in [-0.39, 0.29) is 30.3 Å². The van der Waals surface area contributed by atoms with Gasteiger partial charge in [-0.2, -0.15) is 26.3 Å². The molecule has 1 saturated carbocycles. The summed E-state index contributed by atoms with van der Waals surface area (Å²) in [5.41, 5.74) is -3.09. The minimum absolute atomic E-state index is 0.00414. The van der Waals surface area contributed by atoms with Crippen LogP contribution < -0.4 is 15.4 Å². The van der Waals surface area contributed by atoms with Gasteiger partial charge < -0.3 is 20.5 Å². The van der Waals surface area contributed by atoms with Crippen molar-refractivity contribution in [2.75, 3.05) is 13.7 Å². The van der Waals surface area contributed by atoms with Gasteiger partial charge in [-0.05, 0) is 61.9 Å². The Balaban J connectivity index is 1.53. The Hall–Kier alpha value is -2.95. The molecule has 1 amide bonds. The highest BCUT2D eigenvalue weighted by molar-refractivity contribution is 5.94. The van der Waals surface area contributed by atoms with Crippen molar-refractivity contribution in [3.8, 4) is 11.5 Å². The highest BCUT2D eigenvalue weighted by Crippen LogP contribution is 2.36. The van der Waals surface area contributed by atoms with E-state index >= 15 is 0 Å². The Bertz CT molecular complexity index is 999. The number of halogens is 6. The number of aromatic hydroxyl groups is 1. The first kappa shape index (κ1) is 26.7. The Kier molecular flexibility index (Phi) is 8.19. The lowest BCUT2D eigenvalue weighted by atomic mass is 9.86. The maximum absolute atomic E-state index is 13.0. The first-order valence-electron chi connectivity index (χ1n) is 11.0. The number of carbonyl (C=O) groups excluding carboxylic acids is 1. The first-order chi connectivity index (χ1) is 16.4. The second kappa shape index (κ2) is 10.8. The van der Waals surface area contributed by atoms with Crippen LogP contribution in [0.3, 0.4) is 0 Å². The van der Waals surface area contributed by atoms with Crippen molar-refractivity contribution in [1.29, 1.82) is 0 Å². The summed E-state index contributed by atoms with van der Waals surface area (Å²) in [6.07, 6.45) is -7.07. The average Bonchev–Trinajstić information content (AvgIpc) is 2.80. The van der Waals surface area contributed by atoms with E-state index < -0.39 is 35.0 Å². The van der Waals surface area contributed by atoms with Crippen LogP contribution in [0.2, 0.25) is 0 Å². The Morgan fingerprint density at radius 2 is 1.60 bits per heavy atom. The zero-order valence-electron chi connectivity index (χ0n) is 18.9. The Morgan fingerprint density at radius 1 is 1.00 bits per heavy atom. The highest BCUT2D eigenvalue weighted by Gasteiger charge is 2.37. The number of phenols is 1. The van der Waals surface area contributed by atoms with Crippen molar-refractivity contribution >= 4 is 5.91 Å². The predicted octanol–water partition coefficient (Wildman–Crippen LogP) is 5.52. The first-order valence-corrected chi connectivity index (χ1v) is 11.0. The average molecular weight is 504 g/mol. The molecule has 0 saturated heterocycles. The van der Waals surface area contributed by atoms with Crippen molar-refractivity contribution < 1.29 is 41.0 Å². The molecule has 1 aliphatic carbocycles. The molecule has 0 aromatic heterocycles. The predicted molar refractivity (Wildman–Crippen MR) is 116 cm³/mol. The van der Waals surface area contributed by atoms with Crippen LogP contribution in [-0.4, -0.2) is 30.7 Å². The van der Waals surface area contributed by atoms with Gasteiger partial charge in [0.15, 0.2) is 0 Å². The van der Waals surface area contributed by atoms with Crippen LogP contribution in [0.25, 0.3) is 0 Å². The van der Waals surface area contributed by atoms with Gasteiger partial charge in [-0.25, -0.2) is 0 Å². The quantitative estimate of drug-likeness (QED) is 0.435. The van der Waals surface area contributed by atoms with Crippen LogP contribution >= 0.6 is 0 Å². The lowest BCUT2D eigenvalue weighted by molar-refractivity contribution is -0.143. The van der Waals surface area contributed by atoms with E-state index in [9.17, 15) is 36.2 Å². The summed E-state index contributed by atoms with van der Waals surface area (Å²) < 4.78 is 83.4. The van der Waals surface area contributed by atoms with Crippen LogP contribution in [0.15, 0.2) is 36.4 Å². The topological polar surface area (TPSA) is 70.6 Å². The molecule has 1 fully saturated rings. The molecule has 2 aromatic rings. The second-order valence-corrected chi connectivity index (χ2v) is 8.56. The van der Waals surface area contributed by atoms with Gasteiger partial charge in [-0.1, -0.05) is 6.07 Å². The molecule has 0 spiro atoms. The lowest BCUT2D eigenvalue weighted by Gasteiger charge is -2.29. The third-order valence-electron chi connectivity index (χ3n) is 6.14. The summed E-state index contributed by atoms with van der Waals surface area (Å²) in [6, 6.07) is 6.01. The third-order valence-corrected chi connectivity index (χ3v) is 6.14. The monoisotopic (exact) mass is 504 g/mol. The standard InChI is InChI=1S/C24H26F6N2O3/c1-35-21-4-2-3-20(33)19(21)13-31-18-7-5-14(6-8-18)12-32-22(34)15-9-16(23(25,26)27)11-17(10-15)24(28,29)30/h2-4,9-11,14,18,31,33H,5-8,12-13H2,1H3,(H,32,34). The van der Waals surface area contributed by atoms with Crippen molar-refractivity contribution in [2.24, 2.45) is 5.92 Å². The smallest absolute Gasteiger partial charge is 0.416 e. The fourth-order valence-electron chi connectivity index (χ4n) is 4.17. The van der Waals surface area contributed by atoms with Crippen LogP contribution in [0.1, 0.15) is 52.7 Å². The van der Waals surface area contributed by atoms with Gasteiger partial charge in [0, 0.05) is 30.3 Å². The van der Waals surface area contributed by atoms with E-state index in [4.69, 9.17) is 4.74 Å². The maximum atomic E-state index is 13.0. The Labute approximate surface area is 198 Å². The van der Waals surface area contributed by atoms with Crippen LogP contribution in [0, 0.1) is 5.92 Å². The molecule has 1 aliphatic rings. The van der Waals surface area contributed by atoms with Crippen LogP contribution in [-0.2, 0) is 18.9 Å². The summed E-state index contributed by atoms with van der Waals surface area (Å²) in [5.74, 6) is -0.244.